The van der Waals surface area contributed by atoms with Gasteiger partial charge in [-0.05, 0) is 110 Å². The number of para-hydroxylation sites is 1. The molecule has 0 atom stereocenters. The van der Waals surface area contributed by atoms with Crippen molar-refractivity contribution in [1.29, 1.82) is 0 Å². The Labute approximate surface area is 373 Å². The van der Waals surface area contributed by atoms with Crippen molar-refractivity contribution in [2.45, 2.75) is 0 Å². The van der Waals surface area contributed by atoms with Crippen molar-refractivity contribution in [3.05, 3.63) is 237 Å². The van der Waals surface area contributed by atoms with E-state index in [1.165, 1.54) is 33.4 Å². The number of furan rings is 1. The summed E-state index contributed by atoms with van der Waals surface area (Å²) < 4.78 is 6.87. The van der Waals surface area contributed by atoms with Gasteiger partial charge in [-0.3, -0.25) is 0 Å². The third-order valence-corrected chi connectivity index (χ3v) is 12.5. The largest absolute Gasteiger partial charge is 0.456 e. The van der Waals surface area contributed by atoms with E-state index in [9.17, 15) is 0 Å². The van der Waals surface area contributed by atoms with Gasteiger partial charge in [0, 0.05) is 33.7 Å². The minimum atomic E-state index is 0.835. The molecule has 1 aliphatic heterocycles. The molecule has 0 spiro atoms. The van der Waals surface area contributed by atoms with Gasteiger partial charge in [-0.25, -0.2) is 0 Å². The fraction of sp³-hybridized carbons (Fsp3) is 0. The highest BCUT2D eigenvalue weighted by Crippen LogP contribution is 2.47. The number of anilines is 5. The average molecular weight is 816 g/mol. The fourth-order valence-corrected chi connectivity index (χ4v) is 9.36. The molecule has 0 amide bonds. The van der Waals surface area contributed by atoms with E-state index in [0.717, 1.165) is 83.6 Å². The lowest BCUT2D eigenvalue weighted by Crippen LogP contribution is -2.41. The Hall–Kier alpha value is -8.34. The minimum Gasteiger partial charge on any atom is -0.456 e. The van der Waals surface area contributed by atoms with Gasteiger partial charge in [-0.1, -0.05) is 187 Å². The number of benzene rings is 10. The molecule has 0 fully saturated rings. The summed E-state index contributed by atoms with van der Waals surface area (Å²) in [7, 11) is 2.40. The molecule has 11 aromatic rings. The predicted octanol–water partition coefficient (Wildman–Crippen LogP) is 15.1. The van der Waals surface area contributed by atoms with Crippen LogP contribution in [0.3, 0.4) is 0 Å². The van der Waals surface area contributed by atoms with Crippen LogP contribution in [0.2, 0.25) is 0 Å². The quantitative estimate of drug-likeness (QED) is 0.155. The van der Waals surface area contributed by atoms with E-state index in [1.54, 1.807) is 0 Å². The molecule has 3 nitrogen and oxygen atoms in total. The van der Waals surface area contributed by atoms with Crippen LogP contribution in [0.25, 0.3) is 77.6 Å². The van der Waals surface area contributed by atoms with Gasteiger partial charge in [0.05, 0.1) is 11.1 Å². The average Bonchev–Trinajstić information content (AvgIpc) is 3.75. The van der Waals surface area contributed by atoms with Crippen LogP contribution in [-0.2, 0) is 0 Å². The van der Waals surface area contributed by atoms with Crippen LogP contribution < -0.4 is 21.1 Å². The van der Waals surface area contributed by atoms with Crippen LogP contribution in [-0.4, -0.2) is 7.28 Å². The zero-order valence-electron chi connectivity index (χ0n) is 34.9. The lowest BCUT2D eigenvalue weighted by atomic mass is 9.57. The van der Waals surface area contributed by atoms with Gasteiger partial charge >= 0.3 is 0 Å². The molecule has 1 radical (unpaired) electrons. The third kappa shape index (κ3) is 6.73. The molecule has 64 heavy (non-hydrogen) atoms. The molecule has 0 unspecified atom stereocenters. The van der Waals surface area contributed by atoms with Crippen LogP contribution in [0, 0.1) is 0 Å². The molecule has 1 N–H and O–H groups in total. The molecule has 0 saturated heterocycles. The molecule has 0 aliphatic carbocycles. The van der Waals surface area contributed by atoms with Gasteiger partial charge in [0.2, 0.25) is 0 Å². The maximum atomic E-state index is 6.87. The van der Waals surface area contributed by atoms with Crippen LogP contribution in [0.4, 0.5) is 28.4 Å². The van der Waals surface area contributed by atoms with E-state index < -0.39 is 0 Å². The topological polar surface area (TPSA) is 28.4 Å². The Kier molecular flexibility index (Phi) is 9.27. The fourth-order valence-electron chi connectivity index (χ4n) is 9.36. The number of fused-ring (bicyclic) bond motifs is 6. The van der Waals surface area contributed by atoms with E-state index in [1.807, 2.05) is 0 Å². The second kappa shape index (κ2) is 15.8. The van der Waals surface area contributed by atoms with Crippen LogP contribution in [0.15, 0.2) is 241 Å². The first-order valence-corrected chi connectivity index (χ1v) is 21.8. The van der Waals surface area contributed by atoms with Crippen LogP contribution in [0.1, 0.15) is 0 Å². The molecule has 12 rings (SSSR count). The predicted molar refractivity (Wildman–Crippen MR) is 270 cm³/mol. The summed E-state index contributed by atoms with van der Waals surface area (Å²) in [6.07, 6.45) is 0. The van der Waals surface area contributed by atoms with E-state index in [4.69, 9.17) is 4.42 Å². The van der Waals surface area contributed by atoms with Crippen molar-refractivity contribution in [2.75, 3.05) is 10.2 Å². The number of nitrogens with zero attached hydrogens (tertiary/aromatic N) is 1. The summed E-state index contributed by atoms with van der Waals surface area (Å²) >= 11 is 0. The summed E-state index contributed by atoms with van der Waals surface area (Å²) in [4.78, 5) is 2.46. The zero-order chi connectivity index (χ0) is 42.4. The highest BCUT2D eigenvalue weighted by molar-refractivity contribution is 6.74. The SMILES string of the molecule is [B]1c2cc(-c3ccccc3)ccc2N(c2ccc(-c3ccccc3)cc2)c2c1c(-c1cc(-c3ccccc3)ccc1Nc1ccc(-c3ccccc3)cc1)cc1oc3ccccc3c21. The van der Waals surface area contributed by atoms with Crippen molar-refractivity contribution in [1.82, 2.24) is 0 Å². The maximum Gasteiger partial charge on any atom is 0.197 e. The molecule has 1 aliphatic rings. The van der Waals surface area contributed by atoms with E-state index in [0.29, 0.717) is 0 Å². The highest BCUT2D eigenvalue weighted by atomic mass is 16.3. The molecule has 1 aromatic heterocycles. The van der Waals surface area contributed by atoms with Crippen molar-refractivity contribution in [2.24, 2.45) is 0 Å². The van der Waals surface area contributed by atoms with Crippen molar-refractivity contribution in [3.63, 3.8) is 0 Å². The minimum absolute atomic E-state index is 0.835. The highest BCUT2D eigenvalue weighted by Gasteiger charge is 2.32. The Morgan fingerprint density at radius 3 is 1.52 bits per heavy atom. The summed E-state index contributed by atoms with van der Waals surface area (Å²) in [5.74, 6) is 0. The second-order valence-electron chi connectivity index (χ2n) is 16.4. The van der Waals surface area contributed by atoms with Crippen molar-refractivity contribution in [3.8, 4) is 55.6 Å². The summed E-state index contributed by atoms with van der Waals surface area (Å²) in [5.41, 5.74) is 20.7. The third-order valence-electron chi connectivity index (χ3n) is 12.5. The molecule has 0 bridgehead atoms. The van der Waals surface area contributed by atoms with Crippen LogP contribution >= 0.6 is 0 Å². The standard InChI is InChI=1S/C60H40BN2O/c1-5-15-40(16-6-1)44-25-31-48(32-26-44)62-54-35-29-46(42-19-9-3-10-20-42)37-51(54)52-39-57-58(50-23-13-14-24-56(50)64-57)60-59(52)61-53-38-47(43-21-11-4-12-22-43)30-36-55(53)63(60)49-33-27-45(28-34-49)41-17-7-2-8-18-41/h1-39,62H. The number of rotatable bonds is 8. The molecule has 299 valence electrons. The summed E-state index contributed by atoms with van der Waals surface area (Å²) in [5, 5.41) is 6.03. The normalized spacial score (nSPS) is 11.8. The van der Waals surface area contributed by atoms with Gasteiger partial charge in [0.1, 0.15) is 11.2 Å². The molecule has 4 heteroatoms. The first kappa shape index (κ1) is 37.4. The van der Waals surface area contributed by atoms with Gasteiger partial charge in [0.25, 0.3) is 0 Å². The van der Waals surface area contributed by atoms with E-state index in [2.05, 4.69) is 254 Å². The van der Waals surface area contributed by atoms with Crippen LogP contribution in [0.5, 0.6) is 0 Å². The Bertz CT molecular complexity index is 3460. The monoisotopic (exact) mass is 815 g/mol. The number of hydrogen-bond acceptors (Lipinski definition) is 3. The Morgan fingerprint density at radius 1 is 0.391 bits per heavy atom. The first-order valence-electron chi connectivity index (χ1n) is 21.8. The summed E-state index contributed by atoms with van der Waals surface area (Å²) in [6, 6.07) is 84.5. The number of hydrogen-bond donors (Lipinski definition) is 1. The second-order valence-corrected chi connectivity index (χ2v) is 16.4. The number of nitrogens with one attached hydrogen (secondary N) is 1. The zero-order valence-corrected chi connectivity index (χ0v) is 34.9. The van der Waals surface area contributed by atoms with Crippen molar-refractivity contribution < 1.29 is 4.42 Å². The molecule has 0 saturated carbocycles. The smallest absolute Gasteiger partial charge is 0.197 e. The van der Waals surface area contributed by atoms with Gasteiger partial charge in [-0.2, -0.15) is 0 Å². The van der Waals surface area contributed by atoms with E-state index in [-0.39, 0.29) is 0 Å². The lowest BCUT2D eigenvalue weighted by Gasteiger charge is -2.36. The Balaban J connectivity index is 1.10. The molecule has 10 aromatic carbocycles. The van der Waals surface area contributed by atoms with Crippen molar-refractivity contribution >= 4 is 68.6 Å². The first-order chi connectivity index (χ1) is 31.7. The molecule has 2 heterocycles. The lowest BCUT2D eigenvalue weighted by molar-refractivity contribution is 0.669. The van der Waals surface area contributed by atoms with Gasteiger partial charge < -0.3 is 14.6 Å². The van der Waals surface area contributed by atoms with Gasteiger partial charge in [-0.15, -0.1) is 0 Å². The maximum absolute atomic E-state index is 6.87. The Morgan fingerprint density at radius 2 is 0.891 bits per heavy atom. The molecular formula is C60H40BN2O. The molecular weight excluding hydrogens is 775 g/mol. The van der Waals surface area contributed by atoms with Gasteiger partial charge in [0.15, 0.2) is 7.28 Å². The summed E-state index contributed by atoms with van der Waals surface area (Å²) in [6.45, 7) is 0. The van der Waals surface area contributed by atoms with E-state index >= 15 is 0 Å².